The molecule has 1 saturated carbocycles. The number of carbonyl (C=O) groups is 3. The Morgan fingerprint density at radius 2 is 1.87 bits per heavy atom. The van der Waals surface area contributed by atoms with Crippen molar-refractivity contribution in [3.8, 4) is 0 Å². The molecule has 0 aromatic heterocycles. The maximum absolute atomic E-state index is 12.2. The number of hydrogen-bond acceptors (Lipinski definition) is 4. The van der Waals surface area contributed by atoms with Gasteiger partial charge in [0.15, 0.2) is 0 Å². The van der Waals surface area contributed by atoms with Gasteiger partial charge in [0.1, 0.15) is 0 Å². The second-order valence-corrected chi connectivity index (χ2v) is 6.59. The van der Waals surface area contributed by atoms with E-state index in [4.69, 9.17) is 0 Å². The molecule has 1 aliphatic heterocycles. The standard InChI is InChI=1S/C17H28N2O4/c1-23-17(22)10-6-9-15(20)18-13-11-16(21)19(12-13)14-7-4-2-3-5-8-14/h13-14H,2-12H2,1H3,(H,18,20)/t13-/m1/s1. The molecule has 1 N–H and O–H groups in total. The Morgan fingerprint density at radius 1 is 1.17 bits per heavy atom. The Kier molecular flexibility index (Phi) is 6.86. The Morgan fingerprint density at radius 3 is 2.52 bits per heavy atom. The van der Waals surface area contributed by atoms with E-state index >= 15 is 0 Å². The van der Waals surface area contributed by atoms with Crippen molar-refractivity contribution in [2.45, 2.75) is 76.3 Å². The van der Waals surface area contributed by atoms with Crippen molar-refractivity contribution in [3.63, 3.8) is 0 Å². The van der Waals surface area contributed by atoms with Crippen LogP contribution in [0.25, 0.3) is 0 Å². The summed E-state index contributed by atoms with van der Waals surface area (Å²) in [7, 11) is 1.34. The van der Waals surface area contributed by atoms with Crippen molar-refractivity contribution >= 4 is 17.8 Å². The van der Waals surface area contributed by atoms with E-state index in [2.05, 4.69) is 10.1 Å². The summed E-state index contributed by atoms with van der Waals surface area (Å²) < 4.78 is 4.55. The summed E-state index contributed by atoms with van der Waals surface area (Å²) in [4.78, 5) is 37.2. The van der Waals surface area contributed by atoms with E-state index < -0.39 is 0 Å². The largest absolute Gasteiger partial charge is 0.469 e. The summed E-state index contributed by atoms with van der Waals surface area (Å²) in [5.74, 6) is -0.223. The molecule has 2 aliphatic rings. The maximum atomic E-state index is 12.2. The van der Waals surface area contributed by atoms with E-state index in [-0.39, 0.29) is 30.2 Å². The van der Waals surface area contributed by atoms with E-state index in [1.54, 1.807) is 0 Å². The first-order valence-corrected chi connectivity index (χ1v) is 8.76. The molecule has 6 heteroatoms. The van der Waals surface area contributed by atoms with Gasteiger partial charge in [0.05, 0.1) is 13.2 Å². The third kappa shape index (κ3) is 5.52. The van der Waals surface area contributed by atoms with Crippen molar-refractivity contribution in [2.24, 2.45) is 0 Å². The van der Waals surface area contributed by atoms with Crippen LogP contribution in [0, 0.1) is 0 Å². The molecule has 6 nitrogen and oxygen atoms in total. The predicted molar refractivity (Wildman–Crippen MR) is 85.6 cm³/mol. The van der Waals surface area contributed by atoms with Crippen molar-refractivity contribution in [2.75, 3.05) is 13.7 Å². The Labute approximate surface area is 137 Å². The Balaban J connectivity index is 1.73. The highest BCUT2D eigenvalue weighted by Gasteiger charge is 2.34. The van der Waals surface area contributed by atoms with Crippen LogP contribution < -0.4 is 5.32 Å². The number of rotatable bonds is 6. The molecular weight excluding hydrogens is 296 g/mol. The summed E-state index contributed by atoms with van der Waals surface area (Å²) in [5.41, 5.74) is 0. The molecule has 0 spiro atoms. The summed E-state index contributed by atoms with van der Waals surface area (Å²) >= 11 is 0. The van der Waals surface area contributed by atoms with Crippen molar-refractivity contribution in [1.82, 2.24) is 10.2 Å². The highest BCUT2D eigenvalue weighted by Crippen LogP contribution is 2.25. The molecule has 1 atom stereocenters. The number of ether oxygens (including phenoxy) is 1. The molecule has 130 valence electrons. The highest BCUT2D eigenvalue weighted by atomic mass is 16.5. The minimum Gasteiger partial charge on any atom is -0.469 e. The third-order valence-corrected chi connectivity index (χ3v) is 4.80. The number of nitrogens with one attached hydrogen (secondary N) is 1. The average Bonchev–Trinajstić information content (AvgIpc) is 2.74. The van der Waals surface area contributed by atoms with Crippen LogP contribution in [0.1, 0.15) is 64.2 Å². The van der Waals surface area contributed by atoms with E-state index in [9.17, 15) is 14.4 Å². The predicted octanol–water partition coefficient (Wildman–Crippen LogP) is 1.77. The molecule has 23 heavy (non-hydrogen) atoms. The second-order valence-electron chi connectivity index (χ2n) is 6.59. The van der Waals surface area contributed by atoms with E-state index in [1.165, 1.54) is 32.8 Å². The molecule has 2 fully saturated rings. The number of esters is 1. The summed E-state index contributed by atoms with van der Waals surface area (Å²) in [5, 5.41) is 2.93. The first kappa shape index (κ1) is 17.8. The first-order chi connectivity index (χ1) is 11.1. The van der Waals surface area contributed by atoms with Crippen LogP contribution in [0.2, 0.25) is 0 Å². The van der Waals surface area contributed by atoms with Crippen LogP contribution in [0.3, 0.4) is 0 Å². The van der Waals surface area contributed by atoms with Gasteiger partial charge in [-0.15, -0.1) is 0 Å². The van der Waals surface area contributed by atoms with Crippen LogP contribution >= 0.6 is 0 Å². The van der Waals surface area contributed by atoms with Crippen molar-refractivity contribution < 1.29 is 19.1 Å². The number of carbonyl (C=O) groups excluding carboxylic acids is 3. The van der Waals surface area contributed by atoms with E-state index in [0.29, 0.717) is 31.8 Å². The van der Waals surface area contributed by atoms with Gasteiger partial charge in [-0.05, 0) is 19.3 Å². The lowest BCUT2D eigenvalue weighted by molar-refractivity contribution is -0.140. The van der Waals surface area contributed by atoms with E-state index in [0.717, 1.165) is 12.8 Å². The third-order valence-electron chi connectivity index (χ3n) is 4.80. The zero-order valence-electron chi connectivity index (χ0n) is 14.0. The van der Waals surface area contributed by atoms with Crippen LogP contribution in [-0.4, -0.2) is 48.4 Å². The molecule has 2 rings (SSSR count). The lowest BCUT2D eigenvalue weighted by Gasteiger charge is -2.27. The van der Waals surface area contributed by atoms with Crippen LogP contribution in [0.5, 0.6) is 0 Å². The van der Waals surface area contributed by atoms with Gasteiger partial charge in [0.25, 0.3) is 0 Å². The normalized spacial score (nSPS) is 22.7. The van der Waals surface area contributed by atoms with Gasteiger partial charge in [-0.1, -0.05) is 25.7 Å². The Hall–Kier alpha value is -1.59. The molecule has 0 aromatic carbocycles. The van der Waals surface area contributed by atoms with E-state index in [1.807, 2.05) is 4.90 Å². The quantitative estimate of drug-likeness (QED) is 0.597. The molecule has 1 saturated heterocycles. The zero-order chi connectivity index (χ0) is 16.7. The Bertz CT molecular complexity index is 430. The lowest BCUT2D eigenvalue weighted by atomic mass is 10.1. The fourth-order valence-electron chi connectivity index (χ4n) is 3.55. The highest BCUT2D eigenvalue weighted by molar-refractivity contribution is 5.82. The van der Waals surface area contributed by atoms with Gasteiger partial charge in [-0.2, -0.15) is 0 Å². The topological polar surface area (TPSA) is 75.7 Å². The number of methoxy groups -OCH3 is 1. The van der Waals surface area contributed by atoms with Crippen LogP contribution in [0.15, 0.2) is 0 Å². The van der Waals surface area contributed by atoms with Crippen molar-refractivity contribution in [1.29, 1.82) is 0 Å². The fraction of sp³-hybridized carbons (Fsp3) is 0.824. The molecule has 0 aromatic rings. The van der Waals surface area contributed by atoms with Crippen LogP contribution in [0.4, 0.5) is 0 Å². The van der Waals surface area contributed by atoms with Gasteiger partial charge in [-0.25, -0.2) is 0 Å². The molecule has 0 bridgehead atoms. The second kappa shape index (κ2) is 8.89. The molecular formula is C17H28N2O4. The minimum atomic E-state index is -0.298. The summed E-state index contributed by atoms with van der Waals surface area (Å²) in [6, 6.07) is 0.266. The van der Waals surface area contributed by atoms with Crippen LogP contribution in [-0.2, 0) is 19.1 Å². The molecule has 0 unspecified atom stereocenters. The maximum Gasteiger partial charge on any atom is 0.305 e. The number of amides is 2. The molecule has 1 aliphatic carbocycles. The number of hydrogen-bond donors (Lipinski definition) is 1. The van der Waals surface area contributed by atoms with Gasteiger partial charge < -0.3 is 15.0 Å². The van der Waals surface area contributed by atoms with Gasteiger partial charge in [-0.3, -0.25) is 14.4 Å². The smallest absolute Gasteiger partial charge is 0.305 e. The number of likely N-dealkylation sites (tertiary alicyclic amines) is 1. The number of nitrogens with zero attached hydrogens (tertiary/aromatic N) is 1. The minimum absolute atomic E-state index is 0.0867. The summed E-state index contributed by atoms with van der Waals surface area (Å²) in [6.07, 6.45) is 8.52. The van der Waals surface area contributed by atoms with Gasteiger partial charge in [0.2, 0.25) is 11.8 Å². The molecule has 2 amide bonds. The van der Waals surface area contributed by atoms with Gasteiger partial charge >= 0.3 is 5.97 Å². The first-order valence-electron chi connectivity index (χ1n) is 8.76. The average molecular weight is 324 g/mol. The molecule has 0 radical (unpaired) electrons. The monoisotopic (exact) mass is 324 g/mol. The summed E-state index contributed by atoms with van der Waals surface area (Å²) in [6.45, 7) is 0.631. The van der Waals surface area contributed by atoms with Crippen molar-refractivity contribution in [3.05, 3.63) is 0 Å². The zero-order valence-corrected chi connectivity index (χ0v) is 14.0. The lowest BCUT2D eigenvalue weighted by Crippen LogP contribution is -2.40. The molecule has 1 heterocycles. The van der Waals surface area contributed by atoms with Gasteiger partial charge in [0, 0.05) is 31.8 Å². The SMILES string of the molecule is COC(=O)CCCC(=O)N[C@@H]1CC(=O)N(C2CCCCCC2)C1. The fourth-order valence-corrected chi connectivity index (χ4v) is 3.55.